The molecule has 2 aromatic rings. The second-order valence-electron chi connectivity index (χ2n) is 5.96. The zero-order valence-corrected chi connectivity index (χ0v) is 13.4. The van der Waals surface area contributed by atoms with Gasteiger partial charge in [-0.3, -0.25) is 0 Å². The minimum Gasteiger partial charge on any atom is -0.399 e. The highest BCUT2D eigenvalue weighted by atomic mass is 32.1. The number of rotatable bonds is 4. The highest BCUT2D eigenvalue weighted by molar-refractivity contribution is 7.10. The Morgan fingerprint density at radius 3 is 2.86 bits per heavy atom. The molecule has 1 unspecified atom stereocenters. The third-order valence-electron chi connectivity index (χ3n) is 4.11. The maximum absolute atomic E-state index is 5.86. The standard InChI is InChI=1S/C17H23N3S/c1-13(11-20-8-3-2-4-9-20)17-19-16(12-21-17)14-6-5-7-15(18)10-14/h5-7,10,12-13H,2-4,8-9,11,18H2,1H3. The van der Waals surface area contributed by atoms with Crippen LogP contribution in [0.1, 0.15) is 37.1 Å². The molecule has 1 saturated heterocycles. The molecule has 112 valence electrons. The number of nitrogens with two attached hydrogens (primary N) is 1. The summed E-state index contributed by atoms with van der Waals surface area (Å²) in [5.74, 6) is 0.503. The Bertz CT molecular complexity index is 587. The summed E-state index contributed by atoms with van der Waals surface area (Å²) >= 11 is 1.77. The maximum Gasteiger partial charge on any atom is 0.0973 e. The fourth-order valence-corrected chi connectivity index (χ4v) is 3.83. The highest BCUT2D eigenvalue weighted by Gasteiger charge is 2.17. The molecule has 3 nitrogen and oxygen atoms in total. The Morgan fingerprint density at radius 1 is 1.29 bits per heavy atom. The Kier molecular flexibility index (Phi) is 4.56. The van der Waals surface area contributed by atoms with Crippen molar-refractivity contribution >= 4 is 17.0 Å². The number of benzene rings is 1. The van der Waals surface area contributed by atoms with Gasteiger partial charge in [0.05, 0.1) is 10.7 Å². The molecule has 0 bridgehead atoms. The Hall–Kier alpha value is -1.39. The number of likely N-dealkylation sites (tertiary alicyclic amines) is 1. The topological polar surface area (TPSA) is 42.2 Å². The fourth-order valence-electron chi connectivity index (χ4n) is 2.95. The number of piperidine rings is 1. The molecule has 1 fully saturated rings. The van der Waals surface area contributed by atoms with E-state index in [4.69, 9.17) is 10.7 Å². The first kappa shape index (κ1) is 14.5. The van der Waals surface area contributed by atoms with Gasteiger partial charge in [0.15, 0.2) is 0 Å². The van der Waals surface area contributed by atoms with E-state index in [1.54, 1.807) is 11.3 Å². The Morgan fingerprint density at radius 2 is 2.10 bits per heavy atom. The lowest BCUT2D eigenvalue weighted by Crippen LogP contribution is -2.32. The van der Waals surface area contributed by atoms with Gasteiger partial charge in [0.1, 0.15) is 0 Å². The lowest BCUT2D eigenvalue weighted by molar-refractivity contribution is 0.219. The highest BCUT2D eigenvalue weighted by Crippen LogP contribution is 2.28. The normalized spacial score (nSPS) is 17.8. The lowest BCUT2D eigenvalue weighted by Gasteiger charge is -2.28. The van der Waals surface area contributed by atoms with Crippen LogP contribution in [0.15, 0.2) is 29.6 Å². The zero-order chi connectivity index (χ0) is 14.7. The van der Waals surface area contributed by atoms with Gasteiger partial charge in [0, 0.05) is 29.1 Å². The summed E-state index contributed by atoms with van der Waals surface area (Å²) in [7, 11) is 0. The first-order chi connectivity index (χ1) is 10.2. The van der Waals surface area contributed by atoms with Gasteiger partial charge < -0.3 is 10.6 Å². The van der Waals surface area contributed by atoms with Crippen molar-refractivity contribution in [1.82, 2.24) is 9.88 Å². The SMILES string of the molecule is CC(CN1CCCCC1)c1nc(-c2cccc(N)c2)cs1. The molecule has 21 heavy (non-hydrogen) atoms. The smallest absolute Gasteiger partial charge is 0.0973 e. The molecule has 1 aliphatic rings. The summed E-state index contributed by atoms with van der Waals surface area (Å²) in [4.78, 5) is 7.40. The molecule has 0 saturated carbocycles. The van der Waals surface area contributed by atoms with E-state index < -0.39 is 0 Å². The average molecular weight is 301 g/mol. The predicted molar refractivity (Wildman–Crippen MR) is 90.7 cm³/mol. The molecule has 0 aliphatic carbocycles. The lowest BCUT2D eigenvalue weighted by atomic mass is 10.1. The molecule has 0 radical (unpaired) electrons. The molecule has 1 aromatic carbocycles. The van der Waals surface area contributed by atoms with E-state index in [-0.39, 0.29) is 0 Å². The van der Waals surface area contributed by atoms with Gasteiger partial charge in [-0.25, -0.2) is 4.98 Å². The van der Waals surface area contributed by atoms with Gasteiger partial charge in [0.25, 0.3) is 0 Å². The van der Waals surface area contributed by atoms with Crippen molar-refractivity contribution in [2.24, 2.45) is 0 Å². The number of hydrogen-bond donors (Lipinski definition) is 1. The van der Waals surface area contributed by atoms with Gasteiger partial charge in [-0.2, -0.15) is 0 Å². The van der Waals surface area contributed by atoms with Crippen LogP contribution in [-0.4, -0.2) is 29.5 Å². The van der Waals surface area contributed by atoms with Crippen LogP contribution < -0.4 is 5.73 Å². The number of anilines is 1. The molecule has 2 heterocycles. The van der Waals surface area contributed by atoms with Crippen LogP contribution in [0.25, 0.3) is 11.3 Å². The van der Waals surface area contributed by atoms with E-state index in [0.29, 0.717) is 5.92 Å². The molecule has 1 atom stereocenters. The number of aromatic nitrogens is 1. The summed E-state index contributed by atoms with van der Waals surface area (Å²) in [5.41, 5.74) is 8.81. The zero-order valence-electron chi connectivity index (χ0n) is 12.6. The molecule has 0 amide bonds. The third kappa shape index (κ3) is 3.63. The molecule has 3 rings (SSSR count). The van der Waals surface area contributed by atoms with E-state index >= 15 is 0 Å². The van der Waals surface area contributed by atoms with Crippen molar-refractivity contribution in [3.63, 3.8) is 0 Å². The van der Waals surface area contributed by atoms with Gasteiger partial charge in [0.2, 0.25) is 0 Å². The number of hydrogen-bond acceptors (Lipinski definition) is 4. The minimum atomic E-state index is 0.503. The van der Waals surface area contributed by atoms with E-state index in [2.05, 4.69) is 23.3 Å². The van der Waals surface area contributed by atoms with Crippen molar-refractivity contribution in [2.45, 2.75) is 32.1 Å². The Balaban J connectivity index is 1.69. The van der Waals surface area contributed by atoms with Crippen molar-refractivity contribution in [2.75, 3.05) is 25.4 Å². The van der Waals surface area contributed by atoms with E-state index in [1.165, 1.54) is 37.4 Å². The van der Waals surface area contributed by atoms with Gasteiger partial charge >= 0.3 is 0 Å². The van der Waals surface area contributed by atoms with E-state index in [0.717, 1.165) is 23.5 Å². The van der Waals surface area contributed by atoms with Gasteiger partial charge in [-0.15, -0.1) is 11.3 Å². The molecular weight excluding hydrogens is 278 g/mol. The second-order valence-corrected chi connectivity index (χ2v) is 6.85. The predicted octanol–water partition coefficient (Wildman–Crippen LogP) is 3.98. The van der Waals surface area contributed by atoms with E-state index in [9.17, 15) is 0 Å². The number of nitrogen functional groups attached to an aromatic ring is 1. The minimum absolute atomic E-state index is 0.503. The molecular formula is C17H23N3S. The van der Waals surface area contributed by atoms with E-state index in [1.807, 2.05) is 18.2 Å². The van der Waals surface area contributed by atoms with Crippen molar-refractivity contribution in [1.29, 1.82) is 0 Å². The van der Waals surface area contributed by atoms with Crippen LogP contribution in [0.2, 0.25) is 0 Å². The summed E-state index contributed by atoms with van der Waals surface area (Å²) in [6.07, 6.45) is 4.08. The average Bonchev–Trinajstić information content (AvgIpc) is 2.98. The summed E-state index contributed by atoms with van der Waals surface area (Å²) in [6.45, 7) is 5.91. The Labute approximate surface area is 130 Å². The second kappa shape index (κ2) is 6.58. The quantitative estimate of drug-likeness (QED) is 0.869. The van der Waals surface area contributed by atoms with Crippen molar-refractivity contribution in [3.05, 3.63) is 34.7 Å². The van der Waals surface area contributed by atoms with Crippen molar-refractivity contribution in [3.8, 4) is 11.3 Å². The molecule has 4 heteroatoms. The van der Waals surface area contributed by atoms with Crippen molar-refractivity contribution < 1.29 is 0 Å². The molecule has 0 spiro atoms. The molecule has 1 aromatic heterocycles. The third-order valence-corrected chi connectivity index (χ3v) is 5.18. The van der Waals surface area contributed by atoms with Gasteiger partial charge in [-0.05, 0) is 38.1 Å². The summed E-state index contributed by atoms with van der Waals surface area (Å²) in [5, 5.41) is 3.38. The summed E-state index contributed by atoms with van der Waals surface area (Å²) < 4.78 is 0. The fraction of sp³-hybridized carbons (Fsp3) is 0.471. The van der Waals surface area contributed by atoms with Crippen LogP contribution in [-0.2, 0) is 0 Å². The first-order valence-electron chi connectivity index (χ1n) is 7.76. The van der Waals surface area contributed by atoms with Crippen LogP contribution >= 0.6 is 11.3 Å². The van der Waals surface area contributed by atoms with Gasteiger partial charge in [-0.1, -0.05) is 25.5 Å². The maximum atomic E-state index is 5.86. The van der Waals surface area contributed by atoms with Crippen LogP contribution in [0.5, 0.6) is 0 Å². The summed E-state index contributed by atoms with van der Waals surface area (Å²) in [6, 6.07) is 7.97. The molecule has 1 aliphatic heterocycles. The van der Waals surface area contributed by atoms with Crippen LogP contribution in [0.3, 0.4) is 0 Å². The molecule has 2 N–H and O–H groups in total. The van der Waals surface area contributed by atoms with Crippen LogP contribution in [0.4, 0.5) is 5.69 Å². The first-order valence-corrected chi connectivity index (χ1v) is 8.64. The monoisotopic (exact) mass is 301 g/mol. The number of nitrogens with zero attached hydrogens (tertiary/aromatic N) is 2. The number of thiazole rings is 1. The largest absolute Gasteiger partial charge is 0.399 e. The van der Waals surface area contributed by atoms with Crippen LogP contribution in [0, 0.1) is 0 Å².